The molecule has 3 aliphatic heterocycles. The number of thiophene rings is 1. The molecule has 32 heavy (non-hydrogen) atoms. The van der Waals surface area contributed by atoms with Crippen LogP contribution in [0.1, 0.15) is 35.7 Å². The number of hydrogen-bond acceptors (Lipinski definition) is 8. The van der Waals surface area contributed by atoms with Crippen LogP contribution in [0.4, 0.5) is 4.39 Å². The van der Waals surface area contributed by atoms with Crippen molar-refractivity contribution >= 4 is 61.9 Å². The van der Waals surface area contributed by atoms with Crippen molar-refractivity contribution < 1.29 is 14.0 Å². The quantitative estimate of drug-likeness (QED) is 0.643. The smallest absolute Gasteiger partial charge is 0.253 e. The van der Waals surface area contributed by atoms with Crippen LogP contribution in [0.3, 0.4) is 0 Å². The number of carbonyl (C=O) groups excluding carboxylic acids is 2. The number of fused-ring (bicyclic) bond motifs is 1. The van der Waals surface area contributed by atoms with Gasteiger partial charge < -0.3 is 0 Å². The number of hydrogen-bond donors (Lipinski definition) is 0. The van der Waals surface area contributed by atoms with E-state index < -0.39 is 0 Å². The van der Waals surface area contributed by atoms with E-state index in [2.05, 4.69) is 15.2 Å². The second kappa shape index (κ2) is 9.16. The molecule has 1 atom stereocenters. The number of halogens is 1. The Labute approximate surface area is 196 Å². The molecule has 7 nitrogen and oxygen atoms in total. The number of benzene rings is 1. The van der Waals surface area contributed by atoms with Gasteiger partial charge in [0.05, 0.1) is 22.4 Å². The Morgan fingerprint density at radius 2 is 2.06 bits per heavy atom. The molecule has 0 aliphatic carbocycles. The highest BCUT2D eigenvalue weighted by Crippen LogP contribution is 2.35. The summed E-state index contributed by atoms with van der Waals surface area (Å²) in [6, 6.07) is 9.87. The van der Waals surface area contributed by atoms with E-state index >= 15 is 0 Å². The number of rotatable bonds is 4. The Balaban J connectivity index is 1.31. The molecule has 2 amide bonds. The molecule has 0 fully saturated rings. The molecule has 0 N–H and O–H groups in total. The third kappa shape index (κ3) is 4.50. The zero-order chi connectivity index (χ0) is 22.1. The van der Waals surface area contributed by atoms with Gasteiger partial charge in [0.15, 0.2) is 9.54 Å². The first-order valence-corrected chi connectivity index (χ1v) is 12.7. The Morgan fingerprint density at radius 3 is 2.84 bits per heavy atom. The maximum atomic E-state index is 13.4. The molecule has 0 bridgehead atoms. The molecular weight excluding hydrogens is 469 g/mol. The normalized spacial score (nSPS) is 20.6. The maximum absolute atomic E-state index is 13.4. The molecule has 0 unspecified atom stereocenters. The minimum absolute atomic E-state index is 0.137. The van der Waals surface area contributed by atoms with Gasteiger partial charge in [-0.3, -0.25) is 9.59 Å². The van der Waals surface area contributed by atoms with Gasteiger partial charge in [0.2, 0.25) is 5.91 Å². The van der Waals surface area contributed by atoms with E-state index in [0.29, 0.717) is 35.4 Å². The van der Waals surface area contributed by atoms with E-state index in [4.69, 9.17) is 0 Å². The molecule has 1 aromatic heterocycles. The lowest BCUT2D eigenvalue weighted by molar-refractivity contribution is -0.130. The topological polar surface area (TPSA) is 77.7 Å². The molecule has 0 saturated heterocycles. The fraction of sp³-hybridized carbons (Fsp3) is 0.286. The van der Waals surface area contributed by atoms with Crippen LogP contribution in [0.2, 0.25) is 0 Å². The van der Waals surface area contributed by atoms with E-state index in [9.17, 15) is 14.0 Å². The summed E-state index contributed by atoms with van der Waals surface area (Å²) in [5, 5.41) is 14.9. The average molecular weight is 488 g/mol. The summed E-state index contributed by atoms with van der Waals surface area (Å²) in [6.45, 7) is 0.642. The fourth-order valence-electron chi connectivity index (χ4n) is 3.59. The van der Waals surface area contributed by atoms with Crippen molar-refractivity contribution in [2.24, 2.45) is 15.2 Å². The molecule has 0 saturated carbocycles. The number of carbonyl (C=O) groups is 2. The van der Waals surface area contributed by atoms with Gasteiger partial charge in [-0.05, 0) is 47.3 Å². The van der Waals surface area contributed by atoms with Gasteiger partial charge in [-0.25, -0.2) is 14.4 Å². The number of amidine groups is 1. The van der Waals surface area contributed by atoms with Crippen molar-refractivity contribution in [3.8, 4) is 0 Å². The molecule has 0 radical (unpaired) electrons. The third-order valence-corrected chi connectivity index (χ3v) is 8.11. The highest BCUT2D eigenvalue weighted by molar-refractivity contribution is 8.45. The number of amides is 2. The van der Waals surface area contributed by atoms with E-state index in [1.807, 2.05) is 17.5 Å². The molecule has 0 spiro atoms. The number of hydrazone groups is 2. The van der Waals surface area contributed by atoms with Gasteiger partial charge in [0.1, 0.15) is 5.82 Å². The highest BCUT2D eigenvalue weighted by Gasteiger charge is 2.34. The van der Waals surface area contributed by atoms with Crippen LogP contribution in [-0.2, 0) is 9.59 Å². The number of aliphatic imine (C=N–C) groups is 1. The zero-order valence-electron chi connectivity index (χ0n) is 16.8. The molecule has 3 aliphatic rings. The monoisotopic (exact) mass is 487 g/mol. The average Bonchev–Trinajstić information content (AvgIpc) is 3.51. The Hall–Kier alpha value is -2.50. The van der Waals surface area contributed by atoms with Crippen molar-refractivity contribution in [3.05, 3.63) is 58.0 Å². The first-order valence-electron chi connectivity index (χ1n) is 10.0. The predicted molar refractivity (Wildman–Crippen MR) is 127 cm³/mol. The van der Waals surface area contributed by atoms with Crippen molar-refractivity contribution in [2.75, 3.05) is 12.3 Å². The Bertz CT molecular complexity index is 1130. The lowest BCUT2D eigenvalue weighted by Gasteiger charge is -2.21. The Morgan fingerprint density at radius 1 is 1.22 bits per heavy atom. The second-order valence-electron chi connectivity index (χ2n) is 7.31. The van der Waals surface area contributed by atoms with Crippen LogP contribution >= 0.6 is 34.9 Å². The molecule has 5 rings (SSSR count). The second-order valence-corrected chi connectivity index (χ2v) is 10.4. The van der Waals surface area contributed by atoms with Gasteiger partial charge in [0.25, 0.3) is 5.91 Å². The minimum Gasteiger partial charge on any atom is -0.273 e. The van der Waals surface area contributed by atoms with Gasteiger partial charge >= 0.3 is 0 Å². The Kier molecular flexibility index (Phi) is 6.11. The van der Waals surface area contributed by atoms with Crippen LogP contribution < -0.4 is 0 Å². The minimum atomic E-state index is -0.315. The van der Waals surface area contributed by atoms with Crippen LogP contribution in [-0.4, -0.2) is 49.4 Å². The van der Waals surface area contributed by atoms with E-state index in [1.54, 1.807) is 28.5 Å². The van der Waals surface area contributed by atoms with Gasteiger partial charge in [-0.1, -0.05) is 30.0 Å². The summed E-state index contributed by atoms with van der Waals surface area (Å²) in [5.74, 6) is -0.453. The fourth-order valence-corrected chi connectivity index (χ4v) is 6.16. The maximum Gasteiger partial charge on any atom is 0.253 e. The summed E-state index contributed by atoms with van der Waals surface area (Å²) in [5.41, 5.74) is 1.69. The van der Waals surface area contributed by atoms with Crippen LogP contribution in [0.5, 0.6) is 0 Å². The molecule has 2 aromatic rings. The van der Waals surface area contributed by atoms with Gasteiger partial charge in [-0.15, -0.1) is 11.3 Å². The number of nitrogens with zero attached hydrogens (tertiary/aromatic N) is 5. The van der Waals surface area contributed by atoms with Gasteiger partial charge in [-0.2, -0.15) is 15.2 Å². The predicted octanol–water partition coefficient (Wildman–Crippen LogP) is 4.29. The van der Waals surface area contributed by atoms with Gasteiger partial charge in [0, 0.05) is 19.4 Å². The van der Waals surface area contributed by atoms with Crippen LogP contribution in [0.25, 0.3) is 0 Å². The summed E-state index contributed by atoms with van der Waals surface area (Å²) in [7, 11) is 0. The summed E-state index contributed by atoms with van der Waals surface area (Å²) in [6.07, 6.45) is 1.71. The third-order valence-electron chi connectivity index (χ3n) is 5.13. The lowest BCUT2D eigenvalue weighted by atomic mass is 10.0. The number of thioether (sulfide) groups is 2. The van der Waals surface area contributed by atoms with Crippen LogP contribution in [0, 0.1) is 5.82 Å². The summed E-state index contributed by atoms with van der Waals surface area (Å²) < 4.78 is 14.1. The van der Waals surface area contributed by atoms with Crippen molar-refractivity contribution in [2.45, 2.75) is 25.3 Å². The molecule has 4 heterocycles. The molecule has 11 heteroatoms. The molecule has 164 valence electrons. The zero-order valence-corrected chi connectivity index (χ0v) is 19.3. The highest BCUT2D eigenvalue weighted by atomic mass is 32.2. The van der Waals surface area contributed by atoms with Crippen LogP contribution in [0.15, 0.2) is 57.0 Å². The van der Waals surface area contributed by atoms with E-state index in [1.165, 1.54) is 40.7 Å². The van der Waals surface area contributed by atoms with Crippen molar-refractivity contribution in [1.29, 1.82) is 0 Å². The first-order chi connectivity index (χ1) is 15.6. The summed E-state index contributed by atoms with van der Waals surface area (Å²) >= 11 is 4.21. The lowest BCUT2D eigenvalue weighted by Crippen LogP contribution is -2.28. The van der Waals surface area contributed by atoms with E-state index in [0.717, 1.165) is 16.2 Å². The SMILES string of the molecule is O=C1CCCN2N=C(SCC(=O)N3N=C(c4cccs4)C[C@@H]3c3ccc(F)cc3)SC2=N1. The largest absolute Gasteiger partial charge is 0.273 e. The first kappa shape index (κ1) is 21.4. The summed E-state index contributed by atoms with van der Waals surface area (Å²) in [4.78, 5) is 30.0. The van der Waals surface area contributed by atoms with E-state index in [-0.39, 0.29) is 29.4 Å². The molecular formula is C21H18FN5O2S3. The van der Waals surface area contributed by atoms with Crippen molar-refractivity contribution in [3.63, 3.8) is 0 Å². The standard InChI is InChI=1S/C21H18FN5O2S3/c22-14-7-5-13(6-8-14)16-11-15(17-3-2-10-30-17)24-27(16)19(29)12-31-21-25-26-9-1-4-18(28)23-20(26)32-21/h2-3,5-8,10,16H,1,4,9,11-12H2/t16-/m1/s1. The van der Waals surface area contributed by atoms with Crippen molar-refractivity contribution in [1.82, 2.24) is 10.0 Å². The molecule has 1 aromatic carbocycles.